The zero-order chi connectivity index (χ0) is 20.6. The van der Waals surface area contributed by atoms with E-state index >= 15 is 0 Å². The predicted octanol–water partition coefficient (Wildman–Crippen LogP) is 3.92. The number of fused-ring (bicyclic) bond motifs is 1. The van der Waals surface area contributed by atoms with E-state index < -0.39 is 6.29 Å². The molecule has 29 heavy (non-hydrogen) atoms. The van der Waals surface area contributed by atoms with Crippen molar-refractivity contribution in [3.8, 4) is 11.5 Å². The lowest BCUT2D eigenvalue weighted by Crippen LogP contribution is -2.25. The van der Waals surface area contributed by atoms with E-state index in [9.17, 15) is 8.78 Å². The summed E-state index contributed by atoms with van der Waals surface area (Å²) in [6.45, 7) is 2.45. The van der Waals surface area contributed by atoms with Gasteiger partial charge in [-0.15, -0.1) is 8.78 Å². The summed E-state index contributed by atoms with van der Waals surface area (Å²) in [5.41, 5.74) is 10.9. The number of nitrogens with two attached hydrogens (primary N) is 1. The lowest BCUT2D eigenvalue weighted by atomic mass is 10.0. The van der Waals surface area contributed by atoms with Gasteiger partial charge in [0.1, 0.15) is 0 Å². The summed E-state index contributed by atoms with van der Waals surface area (Å²) < 4.78 is 36.8. The topological polar surface area (TPSA) is 61.8 Å². The molecule has 2 N–H and O–H groups in total. The molecule has 0 saturated carbocycles. The monoisotopic (exact) mass is 393 g/mol. The van der Waals surface area contributed by atoms with Crippen molar-refractivity contribution in [3.05, 3.63) is 71.2 Å². The Morgan fingerprint density at radius 2 is 2.03 bits per heavy atom. The largest absolute Gasteiger partial charge is 0.586 e. The number of rotatable bonds is 5. The van der Waals surface area contributed by atoms with Gasteiger partial charge in [-0.2, -0.15) is 0 Å². The lowest BCUT2D eigenvalue weighted by molar-refractivity contribution is -0.286. The summed E-state index contributed by atoms with van der Waals surface area (Å²) in [7, 11) is 6.00. The minimum Gasteiger partial charge on any atom is -0.403 e. The molecular weight excluding hydrogens is 375 g/mol. The number of ether oxygens (including phenoxy) is 2. The van der Waals surface area contributed by atoms with Crippen molar-refractivity contribution in [2.24, 2.45) is 10.7 Å². The zero-order valence-electron chi connectivity index (χ0n) is 15.7. The van der Waals surface area contributed by atoms with E-state index in [-0.39, 0.29) is 11.5 Å². The fourth-order valence-corrected chi connectivity index (χ4v) is 3.34. The lowest BCUT2D eigenvalue weighted by Gasteiger charge is -2.11. The van der Waals surface area contributed by atoms with Gasteiger partial charge in [0, 0.05) is 11.3 Å². The highest BCUT2D eigenvalue weighted by molar-refractivity contribution is 6.11. The van der Waals surface area contributed by atoms with E-state index in [0.29, 0.717) is 18.5 Å². The number of aromatic nitrogens is 1. The Bertz CT molecular complexity index is 1080. The van der Waals surface area contributed by atoms with Crippen molar-refractivity contribution in [1.29, 1.82) is 0 Å². The number of aliphatic imine (C=N–C) groups is 1. The summed E-state index contributed by atoms with van der Waals surface area (Å²) in [5, 5.41) is 0. The van der Waals surface area contributed by atoms with Crippen LogP contribution in [0.1, 0.15) is 24.6 Å². The van der Waals surface area contributed by atoms with Crippen molar-refractivity contribution in [2.75, 3.05) is 6.54 Å². The van der Waals surface area contributed by atoms with Crippen molar-refractivity contribution in [3.63, 3.8) is 0 Å². The molecule has 146 valence electrons. The van der Waals surface area contributed by atoms with E-state index in [1.807, 2.05) is 31.2 Å². The average molecular weight is 393 g/mol. The molecule has 1 aromatic heterocycles. The Morgan fingerprint density at radius 3 is 2.76 bits per heavy atom. The van der Waals surface area contributed by atoms with Gasteiger partial charge in [-0.3, -0.25) is 0 Å². The Balaban J connectivity index is 1.62. The van der Waals surface area contributed by atoms with Crippen LogP contribution in [0.15, 0.2) is 64.9 Å². The first kappa shape index (κ1) is 19.2. The van der Waals surface area contributed by atoms with E-state index in [1.54, 1.807) is 22.8 Å². The first-order valence-electron chi connectivity index (χ1n) is 9.07. The predicted molar refractivity (Wildman–Crippen MR) is 109 cm³/mol. The molecule has 0 amide bonds. The smallest absolute Gasteiger partial charge is 0.403 e. The summed E-state index contributed by atoms with van der Waals surface area (Å²) in [6, 6.07) is 8.42. The molecule has 0 fully saturated rings. The van der Waals surface area contributed by atoms with Gasteiger partial charge in [-0.05, 0) is 73.6 Å². The third-order valence-corrected chi connectivity index (χ3v) is 4.62. The van der Waals surface area contributed by atoms with Gasteiger partial charge in [0.15, 0.2) is 11.5 Å². The third kappa shape index (κ3) is 3.89. The van der Waals surface area contributed by atoms with Crippen LogP contribution in [0.3, 0.4) is 0 Å². The molecule has 0 atom stereocenters. The molecule has 2 aliphatic heterocycles. The molecule has 2 aliphatic rings. The molecule has 5 nitrogen and oxygen atoms in total. The highest BCUT2D eigenvalue weighted by atomic mass is 19.3. The molecule has 1 aromatic carbocycles. The zero-order valence-corrected chi connectivity index (χ0v) is 15.7. The van der Waals surface area contributed by atoms with Gasteiger partial charge in [0.05, 0.1) is 11.4 Å². The molecule has 2 aromatic rings. The first-order valence-corrected chi connectivity index (χ1v) is 9.07. The van der Waals surface area contributed by atoms with E-state index in [2.05, 4.69) is 9.47 Å². The normalized spacial score (nSPS) is 18.9. The summed E-state index contributed by atoms with van der Waals surface area (Å²) >= 11 is 0. The molecule has 4 rings (SSSR count). The number of halogens is 2. The van der Waals surface area contributed by atoms with Crippen LogP contribution in [-0.2, 0) is 0 Å². The SMILES string of the molecule is [B]n1cccc1C(CCN)=C1N=C(C=Cc2ccc3c(c2)OC(F)(F)O3)C=C1C. The Morgan fingerprint density at radius 1 is 1.24 bits per heavy atom. The van der Waals surface area contributed by atoms with Crippen LogP contribution in [0.2, 0.25) is 0 Å². The average Bonchev–Trinajstić information content (AvgIpc) is 3.33. The number of hydrogen-bond donors (Lipinski definition) is 1. The second kappa shape index (κ2) is 7.37. The van der Waals surface area contributed by atoms with Crippen LogP contribution in [0, 0.1) is 0 Å². The van der Waals surface area contributed by atoms with Crippen LogP contribution in [-0.4, -0.2) is 31.0 Å². The molecule has 2 radical (unpaired) electrons. The summed E-state index contributed by atoms with van der Waals surface area (Å²) in [4.78, 5) is 4.71. The van der Waals surface area contributed by atoms with E-state index in [1.165, 1.54) is 12.1 Å². The second-order valence-corrected chi connectivity index (χ2v) is 6.74. The molecule has 3 heterocycles. The molecule has 8 heteroatoms. The number of hydrogen-bond acceptors (Lipinski definition) is 4. The van der Waals surface area contributed by atoms with Crippen molar-refractivity contribution in [2.45, 2.75) is 19.6 Å². The minimum atomic E-state index is -3.63. The van der Waals surface area contributed by atoms with Gasteiger partial charge in [-0.1, -0.05) is 12.1 Å². The highest BCUT2D eigenvalue weighted by Gasteiger charge is 2.43. The maximum Gasteiger partial charge on any atom is 0.586 e. The number of nitrogens with zero attached hydrogens (tertiary/aromatic N) is 2. The van der Waals surface area contributed by atoms with Gasteiger partial charge in [-0.25, -0.2) is 4.99 Å². The molecule has 0 bridgehead atoms. The summed E-state index contributed by atoms with van der Waals surface area (Å²) in [5.74, 6) is 0.0225. The van der Waals surface area contributed by atoms with Crippen LogP contribution in [0.5, 0.6) is 11.5 Å². The van der Waals surface area contributed by atoms with Gasteiger partial charge < -0.3 is 19.7 Å². The molecule has 0 spiro atoms. The fourth-order valence-electron chi connectivity index (χ4n) is 3.34. The molecule has 0 aliphatic carbocycles. The van der Waals surface area contributed by atoms with Crippen molar-refractivity contribution in [1.82, 2.24) is 4.48 Å². The maximum absolute atomic E-state index is 13.2. The van der Waals surface area contributed by atoms with Crippen LogP contribution in [0.25, 0.3) is 11.6 Å². The Kier molecular flexibility index (Phi) is 4.88. The quantitative estimate of drug-likeness (QED) is 0.784. The Labute approximate surface area is 168 Å². The third-order valence-electron chi connectivity index (χ3n) is 4.62. The Hall–Kier alpha value is -3.13. The molecule has 0 saturated heterocycles. The number of allylic oxidation sites excluding steroid dienone is 3. The fraction of sp³-hybridized carbons (Fsp3) is 0.190. The minimum absolute atomic E-state index is 0.00626. The van der Waals surface area contributed by atoms with Gasteiger partial charge in [0.25, 0.3) is 0 Å². The van der Waals surface area contributed by atoms with Gasteiger partial charge in [0.2, 0.25) is 7.98 Å². The van der Waals surface area contributed by atoms with Gasteiger partial charge >= 0.3 is 6.29 Å². The van der Waals surface area contributed by atoms with Crippen molar-refractivity contribution < 1.29 is 18.3 Å². The van der Waals surface area contributed by atoms with Crippen LogP contribution >= 0.6 is 0 Å². The molecule has 0 unspecified atom stereocenters. The van der Waals surface area contributed by atoms with Crippen LogP contribution < -0.4 is 15.2 Å². The van der Waals surface area contributed by atoms with E-state index in [4.69, 9.17) is 18.7 Å². The molecular formula is C21H18BF2N3O2. The standard InChI is InChI=1S/C21H18BF2N3O2/c1-13-11-15(26-20(13)16(8-9-25)17-3-2-10-27(17)22)6-4-14-5-7-18-19(12-14)29-21(23,24)28-18/h2-7,10-12H,8-9,25H2,1H3. The second-order valence-electron chi connectivity index (χ2n) is 6.74. The maximum atomic E-state index is 13.2. The highest BCUT2D eigenvalue weighted by Crippen LogP contribution is 2.41. The summed E-state index contributed by atoms with van der Waals surface area (Å²) in [6.07, 6.45) is 4.33. The van der Waals surface area contributed by atoms with Crippen molar-refractivity contribution >= 4 is 25.3 Å². The number of alkyl halides is 2. The number of benzene rings is 1. The first-order chi connectivity index (χ1) is 13.9. The van der Waals surface area contributed by atoms with E-state index in [0.717, 1.165) is 28.2 Å². The van der Waals surface area contributed by atoms with Crippen LogP contribution in [0.4, 0.5) is 8.78 Å².